The van der Waals surface area contributed by atoms with Gasteiger partial charge in [-0.05, 0) is 32.0 Å². The summed E-state index contributed by atoms with van der Waals surface area (Å²) in [5, 5.41) is 15.5. The molecule has 144 valence electrons. The summed E-state index contributed by atoms with van der Waals surface area (Å²) in [4.78, 5) is 16.1. The third kappa shape index (κ3) is 4.88. The Morgan fingerprint density at radius 2 is 2.08 bits per heavy atom. The lowest BCUT2D eigenvalue weighted by molar-refractivity contribution is -0.277. The van der Waals surface area contributed by atoms with Crippen LogP contribution in [0.1, 0.15) is 41.5 Å². The molecule has 0 bridgehead atoms. The maximum absolute atomic E-state index is 11.7. The highest BCUT2D eigenvalue weighted by Gasteiger charge is 2.49. The van der Waals surface area contributed by atoms with E-state index in [-0.39, 0.29) is 17.6 Å². The first-order valence-corrected chi connectivity index (χ1v) is 11.5. The Kier molecular flexibility index (Phi) is 6.55. The Morgan fingerprint density at radius 3 is 2.52 bits per heavy atom. The standard InChI is InChI=1S/C16H32N4O4Si/c1-11(9-18-19-17)13(24-25(7,8)15(2,3)4)12-10-23-16(5,6)20(12)14(21)22/h11-13,17H,9-10H2,1-8H3/t11-,12+,13?/m0/s1. The number of hydrogen-bond acceptors (Lipinski definition) is 6. The van der Waals surface area contributed by atoms with Crippen LogP contribution in [-0.4, -0.2) is 50.3 Å². The van der Waals surface area contributed by atoms with Crippen molar-refractivity contribution in [2.24, 2.45) is 11.0 Å². The molecule has 1 aliphatic rings. The van der Waals surface area contributed by atoms with Gasteiger partial charge in [-0.1, -0.05) is 27.7 Å². The molecule has 9 heteroatoms. The number of hydrogen-bond donors (Lipinski definition) is 1. The van der Waals surface area contributed by atoms with Gasteiger partial charge in [-0.25, -0.2) is 0 Å². The number of nitrogens with one attached hydrogen (secondary N) is 1. The molecule has 0 aromatic carbocycles. The minimum atomic E-state index is -2.16. The van der Waals surface area contributed by atoms with Crippen LogP contribution in [0.15, 0.2) is 5.11 Å². The fourth-order valence-corrected chi connectivity index (χ4v) is 4.22. The second kappa shape index (κ2) is 7.53. The monoisotopic (exact) mass is 372 g/mol. The molecular weight excluding hydrogens is 340 g/mol. The molecule has 0 saturated carbocycles. The Hall–Kier alpha value is -1.28. The topological polar surface area (TPSA) is 112 Å². The van der Waals surface area contributed by atoms with E-state index in [1.54, 1.807) is 13.8 Å². The average molecular weight is 373 g/mol. The quantitative estimate of drug-likeness (QED) is 0.438. The van der Waals surface area contributed by atoms with Gasteiger partial charge >= 0.3 is 0 Å². The van der Waals surface area contributed by atoms with Crippen molar-refractivity contribution in [2.75, 3.05) is 13.2 Å². The molecule has 0 radical (unpaired) electrons. The number of ether oxygens (including phenoxy) is 1. The van der Waals surface area contributed by atoms with E-state index in [4.69, 9.17) is 14.7 Å². The fourth-order valence-electron chi connectivity index (χ4n) is 2.79. The van der Waals surface area contributed by atoms with Crippen molar-refractivity contribution in [2.45, 2.75) is 77.5 Å². The maximum atomic E-state index is 11.7. The van der Waals surface area contributed by atoms with Crippen LogP contribution in [0.25, 0.3) is 0 Å². The summed E-state index contributed by atoms with van der Waals surface area (Å²) in [7, 11) is -2.16. The Bertz CT molecular complexity index is 541. The second-order valence-corrected chi connectivity index (χ2v) is 13.5. The number of rotatable bonds is 6. The van der Waals surface area contributed by atoms with E-state index < -0.39 is 32.3 Å². The molecule has 3 atom stereocenters. The van der Waals surface area contributed by atoms with Gasteiger partial charge in [0.05, 0.1) is 18.8 Å². The molecule has 0 aliphatic carbocycles. The van der Waals surface area contributed by atoms with Crippen molar-refractivity contribution in [1.82, 2.24) is 9.81 Å². The van der Waals surface area contributed by atoms with Gasteiger partial charge in [0.2, 0.25) is 4.91 Å². The van der Waals surface area contributed by atoms with Crippen LogP contribution in [0.2, 0.25) is 18.1 Å². The predicted molar refractivity (Wildman–Crippen MR) is 94.4 cm³/mol. The second-order valence-electron chi connectivity index (χ2n) is 8.71. The highest BCUT2D eigenvalue weighted by Crippen LogP contribution is 2.40. The Balaban J connectivity index is 3.23. The fraction of sp³-hybridized carbons (Fsp3) is 0.938. The van der Waals surface area contributed by atoms with Crippen LogP contribution >= 0.6 is 0 Å². The van der Waals surface area contributed by atoms with Crippen LogP contribution in [0.4, 0.5) is 4.79 Å². The third-order valence-electron chi connectivity index (χ3n) is 5.33. The summed E-state index contributed by atoms with van der Waals surface area (Å²) in [6.07, 6.45) is -1.68. The van der Waals surface area contributed by atoms with Crippen LogP contribution in [0.3, 0.4) is 0 Å². The van der Waals surface area contributed by atoms with Crippen LogP contribution in [0.5, 0.6) is 0 Å². The molecule has 1 rings (SSSR count). The van der Waals surface area contributed by atoms with Gasteiger partial charge in [-0.3, -0.25) is 0 Å². The first-order chi connectivity index (χ1) is 11.2. The maximum Gasteiger partial charge on any atom is 0.214 e. The molecule has 1 fully saturated rings. The SMILES string of the molecule is C[C@@H](CN=[N+]=N)C(O[Si](C)(C)C(C)(C)C)[C@H]1COC(C)(C)N1C(=O)[O-]. The Morgan fingerprint density at radius 1 is 1.52 bits per heavy atom. The minimum absolute atomic E-state index is 0.0246. The predicted octanol–water partition coefficient (Wildman–Crippen LogP) is 2.34. The molecular formula is C16H32N4O4Si. The summed E-state index contributed by atoms with van der Waals surface area (Å²) < 4.78 is 12.3. The zero-order valence-corrected chi connectivity index (χ0v) is 17.6. The van der Waals surface area contributed by atoms with Crippen molar-refractivity contribution in [3.63, 3.8) is 0 Å². The van der Waals surface area contributed by atoms with Gasteiger partial charge in [-0.15, -0.1) is 0 Å². The average Bonchev–Trinajstić information content (AvgIpc) is 2.76. The summed E-state index contributed by atoms with van der Waals surface area (Å²) in [5.74, 6) is -0.118. The minimum Gasteiger partial charge on any atom is -0.530 e. The number of nitrogens with zero attached hydrogens (tertiary/aromatic N) is 3. The smallest absolute Gasteiger partial charge is 0.214 e. The molecule has 1 N–H and O–H groups in total. The van der Waals surface area contributed by atoms with Crippen LogP contribution < -0.4 is 10.0 Å². The highest BCUT2D eigenvalue weighted by molar-refractivity contribution is 6.74. The highest BCUT2D eigenvalue weighted by atomic mass is 28.4. The molecule has 1 amide bonds. The van der Waals surface area contributed by atoms with E-state index in [0.29, 0.717) is 6.54 Å². The van der Waals surface area contributed by atoms with Crippen molar-refractivity contribution in [3.05, 3.63) is 0 Å². The van der Waals surface area contributed by atoms with Gasteiger partial charge in [-0.2, -0.15) is 0 Å². The lowest BCUT2D eigenvalue weighted by Crippen LogP contribution is -2.60. The molecule has 0 aromatic heterocycles. The van der Waals surface area contributed by atoms with Crippen LogP contribution in [-0.2, 0) is 9.16 Å². The summed E-state index contributed by atoms with van der Waals surface area (Å²) in [5.41, 5.74) is 5.92. The van der Waals surface area contributed by atoms with Crippen molar-refractivity contribution in [3.8, 4) is 0 Å². The third-order valence-corrected chi connectivity index (χ3v) is 9.81. The number of carboxylic acid groups (broad SMARTS) is 1. The number of amides is 1. The van der Waals surface area contributed by atoms with E-state index in [1.165, 1.54) is 4.90 Å². The normalized spacial score (nSPS) is 23.0. The van der Waals surface area contributed by atoms with Gasteiger partial charge in [0, 0.05) is 5.92 Å². The van der Waals surface area contributed by atoms with Gasteiger partial charge in [0.15, 0.2) is 8.32 Å². The number of carbonyl (C=O) groups is 1. The van der Waals surface area contributed by atoms with Crippen LogP contribution in [0, 0.1) is 11.4 Å². The van der Waals surface area contributed by atoms with E-state index in [2.05, 4.69) is 43.9 Å². The zero-order chi connectivity index (χ0) is 19.6. The van der Waals surface area contributed by atoms with Crippen molar-refractivity contribution >= 4 is 14.4 Å². The van der Waals surface area contributed by atoms with Crippen molar-refractivity contribution < 1.29 is 19.1 Å². The summed E-state index contributed by atoms with van der Waals surface area (Å²) >= 11 is 0. The molecule has 25 heavy (non-hydrogen) atoms. The lowest BCUT2D eigenvalue weighted by Gasteiger charge is -2.45. The molecule has 1 aliphatic heterocycles. The summed E-state index contributed by atoms with van der Waals surface area (Å²) in [6, 6.07) is -0.481. The van der Waals surface area contributed by atoms with E-state index in [0.717, 1.165) is 0 Å². The van der Waals surface area contributed by atoms with E-state index >= 15 is 0 Å². The van der Waals surface area contributed by atoms with Gasteiger partial charge in [0.25, 0.3) is 0 Å². The first kappa shape index (κ1) is 21.8. The van der Waals surface area contributed by atoms with Gasteiger partial charge in [0.1, 0.15) is 29.0 Å². The molecule has 0 aromatic rings. The zero-order valence-electron chi connectivity index (χ0n) is 16.6. The number of carbonyl (C=O) groups excluding carboxylic acids is 1. The van der Waals surface area contributed by atoms with Crippen molar-refractivity contribution in [1.29, 1.82) is 5.53 Å². The molecule has 0 spiro atoms. The molecule has 8 nitrogen and oxygen atoms in total. The molecule has 1 heterocycles. The largest absolute Gasteiger partial charge is 0.530 e. The van der Waals surface area contributed by atoms with E-state index in [1.807, 2.05) is 6.92 Å². The lowest BCUT2D eigenvalue weighted by atomic mass is 9.97. The van der Waals surface area contributed by atoms with Gasteiger partial charge < -0.3 is 24.0 Å². The van der Waals surface area contributed by atoms with E-state index in [9.17, 15) is 9.90 Å². The Labute approximate surface area is 151 Å². The summed E-state index contributed by atoms with van der Waals surface area (Å²) in [6.45, 7) is 16.5. The molecule has 1 saturated heterocycles. The first-order valence-electron chi connectivity index (χ1n) is 8.60. The molecule has 1 unspecified atom stereocenters.